The van der Waals surface area contributed by atoms with Crippen molar-refractivity contribution in [3.63, 3.8) is 0 Å². The molecule has 4 aromatic heterocycles. The van der Waals surface area contributed by atoms with Crippen molar-refractivity contribution < 1.29 is 18.3 Å². The normalized spacial score (nSPS) is 15.1. The van der Waals surface area contributed by atoms with Crippen molar-refractivity contribution in [1.29, 1.82) is 0 Å². The number of nitrogens with zero attached hydrogens (tertiary/aromatic N) is 6. The van der Waals surface area contributed by atoms with Gasteiger partial charge in [-0.1, -0.05) is 12.1 Å². The number of H-pyrrole nitrogens is 1. The molecule has 5 aromatic rings. The van der Waals surface area contributed by atoms with E-state index in [1.807, 2.05) is 18.2 Å². The zero-order chi connectivity index (χ0) is 29.1. The van der Waals surface area contributed by atoms with Crippen molar-refractivity contribution in [3.8, 4) is 22.8 Å². The number of halogens is 1. The van der Waals surface area contributed by atoms with E-state index in [2.05, 4.69) is 52.4 Å². The van der Waals surface area contributed by atoms with Crippen LogP contribution in [-0.2, 0) is 9.53 Å². The van der Waals surface area contributed by atoms with Crippen LogP contribution < -0.4 is 10.6 Å². The van der Waals surface area contributed by atoms with Crippen LogP contribution >= 0.6 is 0 Å². The Morgan fingerprint density at radius 2 is 2.00 bits per heavy atom. The molecule has 0 spiro atoms. The number of oxazole rings is 1. The molecule has 1 amide bonds. The van der Waals surface area contributed by atoms with Crippen LogP contribution in [0.3, 0.4) is 0 Å². The summed E-state index contributed by atoms with van der Waals surface area (Å²) in [7, 11) is 3.67. The molecular weight excluding hydrogens is 541 g/mol. The van der Waals surface area contributed by atoms with E-state index in [0.717, 1.165) is 32.4 Å². The SMILES string of the molecule is COCC(C(=O)Nc1cccc2c(-c3nc(Nc4ccc(-c5ncco5)nc4)ncc3F)c[nH]c12)N1CCN(C)CC1. The number of carbonyl (C=O) groups excluding carboxylic acids is 1. The fraction of sp³-hybridized carbons (Fsp3) is 0.276. The maximum atomic E-state index is 15.1. The number of carbonyl (C=O) groups is 1. The smallest absolute Gasteiger partial charge is 0.244 e. The second-order valence-corrected chi connectivity index (χ2v) is 10.0. The summed E-state index contributed by atoms with van der Waals surface area (Å²) in [6.45, 7) is 3.60. The number of para-hydroxylation sites is 1. The van der Waals surface area contributed by atoms with E-state index in [1.54, 1.807) is 37.8 Å². The van der Waals surface area contributed by atoms with Crippen LogP contribution in [0, 0.1) is 5.82 Å². The highest BCUT2D eigenvalue weighted by molar-refractivity contribution is 6.06. The molecule has 13 heteroatoms. The van der Waals surface area contributed by atoms with Crippen LogP contribution in [-0.4, -0.2) is 93.6 Å². The third-order valence-corrected chi connectivity index (χ3v) is 7.25. The number of hydrogen-bond donors (Lipinski definition) is 3. The van der Waals surface area contributed by atoms with E-state index in [0.29, 0.717) is 39.4 Å². The summed E-state index contributed by atoms with van der Waals surface area (Å²) in [5, 5.41) is 6.82. The van der Waals surface area contributed by atoms with E-state index >= 15 is 4.39 Å². The monoisotopic (exact) mass is 571 g/mol. The van der Waals surface area contributed by atoms with Crippen molar-refractivity contribution in [2.75, 3.05) is 57.6 Å². The number of anilines is 3. The van der Waals surface area contributed by atoms with E-state index in [1.165, 1.54) is 6.26 Å². The summed E-state index contributed by atoms with van der Waals surface area (Å²) in [4.78, 5) is 37.9. The van der Waals surface area contributed by atoms with Gasteiger partial charge in [-0.2, -0.15) is 0 Å². The van der Waals surface area contributed by atoms with Gasteiger partial charge < -0.3 is 29.7 Å². The van der Waals surface area contributed by atoms with Crippen LogP contribution in [0.5, 0.6) is 0 Å². The first-order valence-electron chi connectivity index (χ1n) is 13.5. The number of fused-ring (bicyclic) bond motifs is 1. The minimum Gasteiger partial charge on any atom is -0.443 e. The van der Waals surface area contributed by atoms with Gasteiger partial charge in [-0.3, -0.25) is 9.69 Å². The Morgan fingerprint density at radius 1 is 1.14 bits per heavy atom. The van der Waals surface area contributed by atoms with E-state index in [4.69, 9.17) is 9.15 Å². The zero-order valence-corrected chi connectivity index (χ0v) is 23.2. The summed E-state index contributed by atoms with van der Waals surface area (Å²) in [5.74, 6) is -0.133. The minimum absolute atomic E-state index is 0.112. The Morgan fingerprint density at radius 3 is 2.74 bits per heavy atom. The number of hydrogen-bond acceptors (Lipinski definition) is 10. The molecule has 42 heavy (non-hydrogen) atoms. The highest BCUT2D eigenvalue weighted by Gasteiger charge is 2.29. The van der Waals surface area contributed by atoms with Crippen molar-refractivity contribution >= 4 is 34.1 Å². The number of benzene rings is 1. The van der Waals surface area contributed by atoms with Gasteiger partial charge in [0.2, 0.25) is 17.7 Å². The van der Waals surface area contributed by atoms with E-state index in [9.17, 15) is 4.79 Å². The lowest BCUT2D eigenvalue weighted by molar-refractivity contribution is -0.124. The molecule has 1 saturated heterocycles. The van der Waals surface area contributed by atoms with Crippen molar-refractivity contribution in [2.24, 2.45) is 0 Å². The number of likely N-dealkylation sites (N-methyl/N-ethyl adjacent to an activating group) is 1. The summed E-state index contributed by atoms with van der Waals surface area (Å²) in [6, 6.07) is 8.57. The van der Waals surface area contributed by atoms with Gasteiger partial charge in [0.15, 0.2) is 5.82 Å². The number of ether oxygens (including phenoxy) is 1. The Bertz CT molecular complexity index is 1670. The molecule has 3 N–H and O–H groups in total. The van der Waals surface area contributed by atoms with Crippen LogP contribution in [0.4, 0.5) is 21.7 Å². The molecule has 1 aromatic carbocycles. The molecule has 1 fully saturated rings. The number of piperazine rings is 1. The molecule has 0 aliphatic carbocycles. The van der Waals surface area contributed by atoms with Crippen LogP contribution in [0.2, 0.25) is 0 Å². The Balaban J connectivity index is 1.23. The molecule has 0 radical (unpaired) electrons. The summed E-state index contributed by atoms with van der Waals surface area (Å²) in [6.07, 6.45) is 7.41. The predicted octanol–water partition coefficient (Wildman–Crippen LogP) is 3.76. The Hall–Kier alpha value is -4.72. The predicted molar refractivity (Wildman–Crippen MR) is 156 cm³/mol. The molecule has 12 nitrogen and oxygen atoms in total. The number of methoxy groups -OCH3 is 1. The average Bonchev–Trinajstić information content (AvgIpc) is 3.69. The maximum absolute atomic E-state index is 15.1. The van der Waals surface area contributed by atoms with Gasteiger partial charge >= 0.3 is 0 Å². The Kier molecular flexibility index (Phi) is 7.86. The van der Waals surface area contributed by atoms with Gasteiger partial charge in [-0.05, 0) is 25.2 Å². The second-order valence-electron chi connectivity index (χ2n) is 10.0. The number of rotatable bonds is 9. The molecule has 6 rings (SSSR count). The highest BCUT2D eigenvalue weighted by Crippen LogP contribution is 2.33. The number of nitrogens with one attached hydrogen (secondary N) is 3. The fourth-order valence-corrected chi connectivity index (χ4v) is 5.00. The molecule has 1 atom stereocenters. The molecule has 0 bridgehead atoms. The molecule has 0 saturated carbocycles. The molecule has 1 unspecified atom stereocenters. The lowest BCUT2D eigenvalue weighted by atomic mass is 10.1. The third kappa shape index (κ3) is 5.70. The van der Waals surface area contributed by atoms with Crippen molar-refractivity contribution in [2.45, 2.75) is 6.04 Å². The largest absolute Gasteiger partial charge is 0.443 e. The first-order valence-corrected chi connectivity index (χ1v) is 13.5. The van der Waals surface area contributed by atoms with Gasteiger partial charge in [0.1, 0.15) is 23.7 Å². The van der Waals surface area contributed by atoms with E-state index in [-0.39, 0.29) is 24.2 Å². The van der Waals surface area contributed by atoms with E-state index < -0.39 is 11.9 Å². The third-order valence-electron chi connectivity index (χ3n) is 7.25. The summed E-state index contributed by atoms with van der Waals surface area (Å²) in [5.41, 5.74) is 3.08. The summed E-state index contributed by atoms with van der Waals surface area (Å²) >= 11 is 0. The molecule has 1 aliphatic rings. The van der Waals surface area contributed by atoms with Gasteiger partial charge in [-0.15, -0.1) is 0 Å². The molecular formula is C29H30FN9O3. The van der Waals surface area contributed by atoms with Crippen molar-refractivity contribution in [3.05, 3.63) is 67.2 Å². The number of aromatic nitrogens is 5. The van der Waals surface area contributed by atoms with Gasteiger partial charge in [0.05, 0.1) is 42.1 Å². The Labute approximate surface area is 241 Å². The van der Waals surface area contributed by atoms with Crippen molar-refractivity contribution in [1.82, 2.24) is 34.7 Å². The highest BCUT2D eigenvalue weighted by atomic mass is 19.1. The number of pyridine rings is 1. The zero-order valence-electron chi connectivity index (χ0n) is 23.2. The van der Waals surface area contributed by atoms with Gasteiger partial charge in [0.25, 0.3) is 0 Å². The molecule has 1 aliphatic heterocycles. The lowest BCUT2D eigenvalue weighted by Crippen LogP contribution is -2.54. The quantitative estimate of drug-likeness (QED) is 0.240. The van der Waals surface area contributed by atoms with Gasteiger partial charge in [-0.25, -0.2) is 24.3 Å². The maximum Gasteiger partial charge on any atom is 0.244 e. The topological polar surface area (TPSA) is 137 Å². The first kappa shape index (κ1) is 27.4. The second kappa shape index (κ2) is 12.0. The van der Waals surface area contributed by atoms with Crippen LogP contribution in [0.15, 0.2) is 65.8 Å². The van der Waals surface area contributed by atoms with Crippen LogP contribution in [0.25, 0.3) is 33.7 Å². The fourth-order valence-electron chi connectivity index (χ4n) is 5.00. The number of aromatic amines is 1. The van der Waals surface area contributed by atoms with Gasteiger partial charge in [0, 0.05) is 50.4 Å². The minimum atomic E-state index is -0.580. The first-order chi connectivity index (χ1) is 20.5. The average molecular weight is 572 g/mol. The molecule has 5 heterocycles. The number of amides is 1. The lowest BCUT2D eigenvalue weighted by Gasteiger charge is -2.36. The standard InChI is InChI=1S/C29H30FN9O3/c1-38-9-11-39(12-10-38)24(17-41-2)27(40)36-22-5-3-4-19-20(15-33-26(19)22)25-21(30)16-34-29(37-25)35-18-6-7-23(32-14-18)28-31-8-13-42-28/h3-8,13-16,24,33H,9-12,17H2,1-2H3,(H,36,40)(H,34,35,37). The molecule has 216 valence electrons. The summed E-state index contributed by atoms with van der Waals surface area (Å²) < 4.78 is 25.7. The van der Waals surface area contributed by atoms with Crippen LogP contribution in [0.1, 0.15) is 0 Å².